The molecule has 0 fully saturated rings. The Morgan fingerprint density at radius 2 is 1.87 bits per heavy atom. The van der Waals surface area contributed by atoms with Crippen LogP contribution in [0.1, 0.15) is 40.0 Å². The minimum atomic E-state index is -0.112. The summed E-state index contributed by atoms with van der Waals surface area (Å²) in [6, 6.07) is 0. The first-order valence-corrected chi connectivity index (χ1v) is 5.60. The van der Waals surface area contributed by atoms with Gasteiger partial charge in [0.05, 0.1) is 7.11 Å². The highest BCUT2D eigenvalue weighted by atomic mass is 16.5. The normalized spacial score (nSPS) is 11.9. The molecular weight excluding hydrogens is 190 g/mol. The van der Waals surface area contributed by atoms with E-state index >= 15 is 0 Å². The lowest BCUT2D eigenvalue weighted by atomic mass is 9.92. The largest absolute Gasteiger partial charge is 0.469 e. The monoisotopic (exact) mass is 215 g/mol. The minimum absolute atomic E-state index is 0.112. The molecule has 15 heavy (non-hydrogen) atoms. The van der Waals surface area contributed by atoms with E-state index in [1.165, 1.54) is 13.5 Å². The number of hydrogen-bond donors (Lipinski definition) is 0. The van der Waals surface area contributed by atoms with E-state index < -0.39 is 0 Å². The lowest BCUT2D eigenvalue weighted by Gasteiger charge is -2.23. The standard InChI is InChI=1S/C12H25NO2/c1-12(2,3)8-10-13(4)9-6-7-11(14)15-5/h6-10H2,1-5H3. The Bertz CT molecular complexity index is 185. The highest BCUT2D eigenvalue weighted by Crippen LogP contribution is 2.18. The maximum atomic E-state index is 10.9. The number of methoxy groups -OCH3 is 1. The van der Waals surface area contributed by atoms with Crippen LogP contribution in [-0.4, -0.2) is 38.1 Å². The molecule has 0 saturated heterocycles. The molecule has 0 atom stereocenters. The van der Waals surface area contributed by atoms with Gasteiger partial charge in [-0.15, -0.1) is 0 Å². The van der Waals surface area contributed by atoms with Crippen LogP contribution < -0.4 is 0 Å². The third-order valence-electron chi connectivity index (χ3n) is 2.39. The van der Waals surface area contributed by atoms with Crippen molar-refractivity contribution in [3.63, 3.8) is 0 Å². The molecule has 0 aromatic rings. The number of nitrogens with zero attached hydrogens (tertiary/aromatic N) is 1. The van der Waals surface area contributed by atoms with Crippen molar-refractivity contribution in [2.75, 3.05) is 27.2 Å². The second-order valence-corrected chi connectivity index (χ2v) is 5.29. The van der Waals surface area contributed by atoms with Gasteiger partial charge in [-0.05, 0) is 38.4 Å². The smallest absolute Gasteiger partial charge is 0.305 e. The van der Waals surface area contributed by atoms with Crippen molar-refractivity contribution in [1.29, 1.82) is 0 Å². The van der Waals surface area contributed by atoms with Crippen LogP contribution in [0.3, 0.4) is 0 Å². The molecule has 0 amide bonds. The van der Waals surface area contributed by atoms with Gasteiger partial charge in [-0.25, -0.2) is 0 Å². The topological polar surface area (TPSA) is 29.5 Å². The zero-order valence-electron chi connectivity index (χ0n) is 10.8. The summed E-state index contributed by atoms with van der Waals surface area (Å²) in [4.78, 5) is 13.1. The van der Waals surface area contributed by atoms with Crippen LogP contribution in [0.4, 0.5) is 0 Å². The van der Waals surface area contributed by atoms with Gasteiger partial charge in [0, 0.05) is 6.42 Å². The fraction of sp³-hybridized carbons (Fsp3) is 0.917. The SMILES string of the molecule is COC(=O)CCCN(C)CCC(C)(C)C. The molecule has 0 radical (unpaired) electrons. The molecule has 3 nitrogen and oxygen atoms in total. The van der Waals surface area contributed by atoms with E-state index in [4.69, 9.17) is 0 Å². The lowest BCUT2D eigenvalue weighted by molar-refractivity contribution is -0.140. The fourth-order valence-corrected chi connectivity index (χ4v) is 1.23. The Labute approximate surface area is 93.8 Å². The van der Waals surface area contributed by atoms with Gasteiger partial charge >= 0.3 is 5.97 Å². The Hall–Kier alpha value is -0.570. The molecule has 0 aromatic heterocycles. The molecular formula is C12H25NO2. The number of rotatable bonds is 6. The molecule has 0 bridgehead atoms. The Morgan fingerprint density at radius 3 is 2.33 bits per heavy atom. The first kappa shape index (κ1) is 14.4. The van der Waals surface area contributed by atoms with Gasteiger partial charge in [-0.1, -0.05) is 20.8 Å². The highest BCUT2D eigenvalue weighted by Gasteiger charge is 2.11. The molecule has 0 aliphatic carbocycles. The van der Waals surface area contributed by atoms with Crippen molar-refractivity contribution in [2.45, 2.75) is 40.0 Å². The van der Waals surface area contributed by atoms with Gasteiger partial charge in [-0.2, -0.15) is 0 Å². The van der Waals surface area contributed by atoms with Gasteiger partial charge in [0.25, 0.3) is 0 Å². The van der Waals surface area contributed by atoms with Crippen LogP contribution >= 0.6 is 0 Å². The molecule has 90 valence electrons. The summed E-state index contributed by atoms with van der Waals surface area (Å²) < 4.78 is 4.59. The van der Waals surface area contributed by atoms with Crippen molar-refractivity contribution >= 4 is 5.97 Å². The summed E-state index contributed by atoms with van der Waals surface area (Å²) in [6.45, 7) is 8.79. The van der Waals surface area contributed by atoms with E-state index in [-0.39, 0.29) is 5.97 Å². The molecule has 0 saturated carbocycles. The molecule has 0 aliphatic heterocycles. The van der Waals surface area contributed by atoms with Gasteiger partial charge in [-0.3, -0.25) is 4.79 Å². The van der Waals surface area contributed by atoms with Gasteiger partial charge < -0.3 is 9.64 Å². The quantitative estimate of drug-likeness (QED) is 0.637. The Kier molecular flexibility index (Phi) is 6.57. The van der Waals surface area contributed by atoms with Gasteiger partial charge in [0.15, 0.2) is 0 Å². The zero-order valence-corrected chi connectivity index (χ0v) is 10.8. The van der Waals surface area contributed by atoms with E-state index in [0.29, 0.717) is 11.8 Å². The van der Waals surface area contributed by atoms with Crippen LogP contribution in [0.15, 0.2) is 0 Å². The zero-order chi connectivity index (χ0) is 11.9. The van der Waals surface area contributed by atoms with Crippen LogP contribution in [-0.2, 0) is 9.53 Å². The second-order valence-electron chi connectivity index (χ2n) is 5.29. The molecule has 0 aromatic carbocycles. The third kappa shape index (κ3) is 9.73. The van der Waals surface area contributed by atoms with Crippen molar-refractivity contribution in [1.82, 2.24) is 4.90 Å². The third-order valence-corrected chi connectivity index (χ3v) is 2.39. The van der Waals surface area contributed by atoms with E-state index in [1.807, 2.05) is 0 Å². The molecule has 0 spiro atoms. The molecule has 0 rings (SSSR count). The lowest BCUT2D eigenvalue weighted by Crippen LogP contribution is -2.25. The maximum absolute atomic E-state index is 10.9. The second kappa shape index (κ2) is 6.83. The number of hydrogen-bond acceptors (Lipinski definition) is 3. The van der Waals surface area contributed by atoms with E-state index in [2.05, 4.69) is 37.5 Å². The number of carbonyl (C=O) groups is 1. The predicted molar refractivity (Wildman–Crippen MR) is 62.8 cm³/mol. The summed E-state index contributed by atoms with van der Waals surface area (Å²) in [7, 11) is 3.54. The van der Waals surface area contributed by atoms with Crippen LogP contribution in [0, 0.1) is 5.41 Å². The van der Waals surface area contributed by atoms with Crippen molar-refractivity contribution in [2.24, 2.45) is 5.41 Å². The minimum Gasteiger partial charge on any atom is -0.469 e. The van der Waals surface area contributed by atoms with Crippen molar-refractivity contribution in [3.8, 4) is 0 Å². The summed E-state index contributed by atoms with van der Waals surface area (Å²) in [5.41, 5.74) is 0.386. The van der Waals surface area contributed by atoms with Crippen molar-refractivity contribution in [3.05, 3.63) is 0 Å². The summed E-state index contributed by atoms with van der Waals surface area (Å²) in [6.07, 6.45) is 2.59. The van der Waals surface area contributed by atoms with Crippen LogP contribution in [0.25, 0.3) is 0 Å². The van der Waals surface area contributed by atoms with Gasteiger partial charge in [0.2, 0.25) is 0 Å². The van der Waals surface area contributed by atoms with Crippen molar-refractivity contribution < 1.29 is 9.53 Å². The Balaban J connectivity index is 3.49. The maximum Gasteiger partial charge on any atom is 0.305 e. The Morgan fingerprint density at radius 1 is 1.27 bits per heavy atom. The predicted octanol–water partition coefficient (Wildman–Crippen LogP) is 2.31. The first-order chi connectivity index (χ1) is 6.85. The fourth-order valence-electron chi connectivity index (χ4n) is 1.23. The average molecular weight is 215 g/mol. The molecule has 3 heteroatoms. The van der Waals surface area contributed by atoms with Crippen LogP contribution in [0.2, 0.25) is 0 Å². The number of esters is 1. The van der Waals surface area contributed by atoms with E-state index in [9.17, 15) is 4.79 Å². The molecule has 0 heterocycles. The summed E-state index contributed by atoms with van der Waals surface area (Å²) in [5, 5.41) is 0. The first-order valence-electron chi connectivity index (χ1n) is 5.60. The molecule has 0 aliphatic rings. The number of carbonyl (C=O) groups excluding carboxylic acids is 1. The van der Waals surface area contributed by atoms with Crippen LogP contribution in [0.5, 0.6) is 0 Å². The average Bonchev–Trinajstić information content (AvgIpc) is 2.13. The van der Waals surface area contributed by atoms with E-state index in [1.54, 1.807) is 0 Å². The highest BCUT2D eigenvalue weighted by molar-refractivity contribution is 5.69. The van der Waals surface area contributed by atoms with E-state index in [0.717, 1.165) is 19.5 Å². The summed E-state index contributed by atoms with van der Waals surface area (Å²) in [5.74, 6) is -0.112. The summed E-state index contributed by atoms with van der Waals surface area (Å²) >= 11 is 0. The molecule has 0 N–H and O–H groups in total. The number of ether oxygens (including phenoxy) is 1. The van der Waals surface area contributed by atoms with Gasteiger partial charge in [0.1, 0.15) is 0 Å². The molecule has 0 unspecified atom stereocenters.